The first-order chi connectivity index (χ1) is 11.5. The van der Waals surface area contributed by atoms with E-state index < -0.39 is 0 Å². The van der Waals surface area contributed by atoms with Gasteiger partial charge in [0, 0.05) is 38.6 Å². The molecule has 2 N–H and O–H groups in total. The number of piperazine rings is 1. The fraction of sp³-hybridized carbons (Fsp3) is 0.529. The van der Waals surface area contributed by atoms with E-state index in [1.54, 1.807) is 9.80 Å². The lowest BCUT2D eigenvalue weighted by Crippen LogP contribution is -2.51. The molecule has 2 amide bonds. The summed E-state index contributed by atoms with van der Waals surface area (Å²) in [6, 6.07) is 5.55. The topological polar surface area (TPSA) is 75.9 Å². The number of carbonyl (C=O) groups is 2. The number of hydrogen-bond acceptors (Lipinski definition) is 4. The van der Waals surface area contributed by atoms with Crippen molar-refractivity contribution in [2.75, 3.05) is 32.8 Å². The Hall–Kier alpha value is -1.86. The maximum Gasteiger partial charge on any atom is 0.260 e. The Morgan fingerprint density at radius 2 is 1.64 bits per heavy atom. The minimum Gasteiger partial charge on any atom is -0.484 e. The van der Waals surface area contributed by atoms with Crippen molar-refractivity contribution < 1.29 is 18.7 Å². The van der Waals surface area contributed by atoms with Crippen molar-refractivity contribution in [1.29, 1.82) is 0 Å². The molecular weight excluding hydrogens is 349 g/mol. The molecule has 1 saturated heterocycles. The zero-order chi connectivity index (χ0) is 17.5. The Kier molecular flexibility index (Phi) is 8.65. The van der Waals surface area contributed by atoms with Crippen LogP contribution >= 0.6 is 12.4 Å². The molecule has 0 spiro atoms. The van der Waals surface area contributed by atoms with Crippen LogP contribution in [0.2, 0.25) is 0 Å². The van der Waals surface area contributed by atoms with Crippen molar-refractivity contribution in [2.45, 2.75) is 25.8 Å². The van der Waals surface area contributed by atoms with Crippen LogP contribution in [0.1, 0.15) is 19.8 Å². The molecule has 0 aliphatic carbocycles. The molecule has 6 nitrogen and oxygen atoms in total. The van der Waals surface area contributed by atoms with Gasteiger partial charge in [0.1, 0.15) is 11.6 Å². The molecule has 140 valence electrons. The van der Waals surface area contributed by atoms with Crippen LogP contribution in [-0.4, -0.2) is 60.4 Å². The quantitative estimate of drug-likeness (QED) is 0.818. The van der Waals surface area contributed by atoms with Gasteiger partial charge in [-0.2, -0.15) is 0 Å². The number of benzene rings is 1. The van der Waals surface area contributed by atoms with E-state index in [1.165, 1.54) is 24.3 Å². The summed E-state index contributed by atoms with van der Waals surface area (Å²) >= 11 is 0. The summed E-state index contributed by atoms with van der Waals surface area (Å²) in [7, 11) is 0. The molecule has 1 aliphatic heterocycles. The van der Waals surface area contributed by atoms with E-state index in [2.05, 4.69) is 0 Å². The van der Waals surface area contributed by atoms with Gasteiger partial charge in [-0.05, 0) is 37.6 Å². The van der Waals surface area contributed by atoms with E-state index in [0.717, 1.165) is 0 Å². The number of nitrogens with two attached hydrogens (primary N) is 1. The maximum atomic E-state index is 12.8. The second-order valence-corrected chi connectivity index (χ2v) is 6.02. The summed E-state index contributed by atoms with van der Waals surface area (Å²) in [6.07, 6.45) is 1.11. The van der Waals surface area contributed by atoms with Crippen LogP contribution in [0.15, 0.2) is 24.3 Å². The summed E-state index contributed by atoms with van der Waals surface area (Å²) in [5.41, 5.74) is 5.66. The monoisotopic (exact) mass is 373 g/mol. The second-order valence-electron chi connectivity index (χ2n) is 6.02. The average molecular weight is 374 g/mol. The Bertz CT molecular complexity index is 561. The molecule has 25 heavy (non-hydrogen) atoms. The van der Waals surface area contributed by atoms with Crippen molar-refractivity contribution in [1.82, 2.24) is 9.80 Å². The molecule has 0 saturated carbocycles. The first-order valence-corrected chi connectivity index (χ1v) is 8.15. The fourth-order valence-corrected chi connectivity index (χ4v) is 2.48. The minimum atomic E-state index is -0.349. The Morgan fingerprint density at radius 3 is 2.16 bits per heavy atom. The number of nitrogens with zero attached hydrogens (tertiary/aromatic N) is 2. The fourth-order valence-electron chi connectivity index (χ4n) is 2.48. The van der Waals surface area contributed by atoms with E-state index in [-0.39, 0.29) is 42.7 Å². The number of ether oxygens (including phenoxy) is 1. The number of hydrogen-bond donors (Lipinski definition) is 1. The van der Waals surface area contributed by atoms with Gasteiger partial charge in [0.25, 0.3) is 5.91 Å². The van der Waals surface area contributed by atoms with Gasteiger partial charge >= 0.3 is 0 Å². The van der Waals surface area contributed by atoms with Crippen molar-refractivity contribution in [3.05, 3.63) is 30.1 Å². The van der Waals surface area contributed by atoms with Gasteiger partial charge in [0.2, 0.25) is 5.91 Å². The summed E-state index contributed by atoms with van der Waals surface area (Å²) in [4.78, 5) is 27.6. The van der Waals surface area contributed by atoms with Gasteiger partial charge in [-0.25, -0.2) is 4.39 Å². The SMILES string of the molecule is CC(N)CCC(=O)N1CCN(C(=O)COc2ccc(F)cc2)CC1.Cl. The van der Waals surface area contributed by atoms with Crippen LogP contribution in [0, 0.1) is 5.82 Å². The predicted molar refractivity (Wildman–Crippen MR) is 95.2 cm³/mol. The van der Waals surface area contributed by atoms with E-state index in [4.69, 9.17) is 10.5 Å². The van der Waals surface area contributed by atoms with Gasteiger partial charge in [0.05, 0.1) is 0 Å². The van der Waals surface area contributed by atoms with Crippen molar-refractivity contribution >= 4 is 24.2 Å². The van der Waals surface area contributed by atoms with Crippen molar-refractivity contribution in [3.8, 4) is 5.75 Å². The Morgan fingerprint density at radius 1 is 1.12 bits per heavy atom. The van der Waals surface area contributed by atoms with Gasteiger partial charge in [0.15, 0.2) is 6.61 Å². The van der Waals surface area contributed by atoms with Crippen LogP contribution in [0.25, 0.3) is 0 Å². The van der Waals surface area contributed by atoms with Gasteiger partial charge in [-0.3, -0.25) is 9.59 Å². The summed E-state index contributed by atoms with van der Waals surface area (Å²) in [5.74, 6) is 0.0527. The Balaban J connectivity index is 0.00000312. The van der Waals surface area contributed by atoms with Crippen LogP contribution < -0.4 is 10.5 Å². The molecule has 1 atom stereocenters. The second kappa shape index (κ2) is 10.2. The van der Waals surface area contributed by atoms with Gasteiger partial charge < -0.3 is 20.3 Å². The summed E-state index contributed by atoms with van der Waals surface area (Å²) in [6.45, 7) is 3.83. The molecule has 2 rings (SSSR count). The zero-order valence-electron chi connectivity index (χ0n) is 14.3. The molecule has 1 aromatic rings. The number of amides is 2. The normalized spacial score (nSPS) is 15.3. The van der Waals surface area contributed by atoms with Crippen LogP contribution in [-0.2, 0) is 9.59 Å². The molecule has 1 aliphatic rings. The zero-order valence-corrected chi connectivity index (χ0v) is 15.1. The molecule has 0 radical (unpaired) electrons. The van der Waals surface area contributed by atoms with E-state index in [1.807, 2.05) is 6.92 Å². The third kappa shape index (κ3) is 6.88. The largest absolute Gasteiger partial charge is 0.484 e. The van der Waals surface area contributed by atoms with Crippen molar-refractivity contribution in [3.63, 3.8) is 0 Å². The minimum absolute atomic E-state index is 0. The maximum absolute atomic E-state index is 12.8. The van der Waals surface area contributed by atoms with Gasteiger partial charge in [-0.15, -0.1) is 12.4 Å². The molecule has 0 bridgehead atoms. The molecule has 0 aromatic heterocycles. The highest BCUT2D eigenvalue weighted by atomic mass is 35.5. The van der Waals surface area contributed by atoms with E-state index in [9.17, 15) is 14.0 Å². The highest BCUT2D eigenvalue weighted by molar-refractivity contribution is 5.85. The molecule has 1 unspecified atom stereocenters. The number of rotatable bonds is 6. The smallest absolute Gasteiger partial charge is 0.260 e. The highest BCUT2D eigenvalue weighted by Crippen LogP contribution is 2.12. The van der Waals surface area contributed by atoms with Crippen LogP contribution in [0.5, 0.6) is 5.75 Å². The molecular formula is C17H25ClFN3O3. The Labute approximate surface area is 153 Å². The lowest BCUT2D eigenvalue weighted by atomic mass is 10.1. The van der Waals surface area contributed by atoms with Gasteiger partial charge in [-0.1, -0.05) is 0 Å². The molecule has 1 fully saturated rings. The standard InChI is InChI=1S/C17H24FN3O3.ClH/c1-13(19)2-7-16(22)20-8-10-21(11-9-20)17(23)12-24-15-5-3-14(18)4-6-15;/h3-6,13H,2,7-12,19H2,1H3;1H. The van der Waals surface area contributed by atoms with Crippen molar-refractivity contribution in [2.24, 2.45) is 5.73 Å². The van der Waals surface area contributed by atoms with E-state index in [0.29, 0.717) is 44.8 Å². The molecule has 8 heteroatoms. The number of carbonyl (C=O) groups excluding carboxylic acids is 2. The average Bonchev–Trinajstić information content (AvgIpc) is 2.59. The first-order valence-electron chi connectivity index (χ1n) is 8.15. The molecule has 1 heterocycles. The third-order valence-electron chi connectivity index (χ3n) is 3.97. The first kappa shape index (κ1) is 21.2. The predicted octanol–water partition coefficient (Wildman–Crippen LogP) is 1.42. The van der Waals surface area contributed by atoms with Crippen LogP contribution in [0.3, 0.4) is 0 Å². The number of halogens is 2. The van der Waals surface area contributed by atoms with Crippen LogP contribution in [0.4, 0.5) is 4.39 Å². The lowest BCUT2D eigenvalue weighted by Gasteiger charge is -2.34. The van der Waals surface area contributed by atoms with E-state index >= 15 is 0 Å². The third-order valence-corrected chi connectivity index (χ3v) is 3.97. The summed E-state index contributed by atoms with van der Waals surface area (Å²) in [5, 5.41) is 0. The molecule has 1 aromatic carbocycles. The highest BCUT2D eigenvalue weighted by Gasteiger charge is 2.24. The summed E-state index contributed by atoms with van der Waals surface area (Å²) < 4.78 is 18.2. The lowest BCUT2D eigenvalue weighted by molar-refractivity contribution is -0.140.